The molecular formula is C11H17NO2. The highest BCUT2D eigenvalue weighted by Gasteiger charge is 2.00. The van der Waals surface area contributed by atoms with Gasteiger partial charge in [0.1, 0.15) is 0 Å². The summed E-state index contributed by atoms with van der Waals surface area (Å²) in [5.41, 5.74) is 0. The van der Waals surface area contributed by atoms with E-state index >= 15 is 0 Å². The SMILES string of the molecule is C/C=C/C(=O)CCC(=O)/C=C/N(C)C. The maximum atomic E-state index is 11.2. The van der Waals surface area contributed by atoms with Crippen molar-refractivity contribution >= 4 is 11.6 Å². The van der Waals surface area contributed by atoms with Crippen molar-refractivity contribution in [1.82, 2.24) is 4.90 Å². The van der Waals surface area contributed by atoms with Gasteiger partial charge in [0.2, 0.25) is 0 Å². The first-order valence-corrected chi connectivity index (χ1v) is 4.59. The van der Waals surface area contributed by atoms with Crippen LogP contribution in [-0.2, 0) is 9.59 Å². The molecule has 14 heavy (non-hydrogen) atoms. The van der Waals surface area contributed by atoms with Crippen LogP contribution in [-0.4, -0.2) is 30.6 Å². The van der Waals surface area contributed by atoms with Crippen molar-refractivity contribution in [1.29, 1.82) is 0 Å². The van der Waals surface area contributed by atoms with Gasteiger partial charge in [-0.2, -0.15) is 0 Å². The Hall–Kier alpha value is -1.38. The van der Waals surface area contributed by atoms with Crippen LogP contribution in [0.2, 0.25) is 0 Å². The van der Waals surface area contributed by atoms with Crippen molar-refractivity contribution in [2.75, 3.05) is 14.1 Å². The van der Waals surface area contributed by atoms with E-state index in [9.17, 15) is 9.59 Å². The first-order valence-electron chi connectivity index (χ1n) is 4.59. The molecule has 0 N–H and O–H groups in total. The van der Waals surface area contributed by atoms with Crippen LogP contribution in [0.1, 0.15) is 19.8 Å². The van der Waals surface area contributed by atoms with Crippen LogP contribution >= 0.6 is 0 Å². The van der Waals surface area contributed by atoms with E-state index in [1.165, 1.54) is 12.2 Å². The predicted octanol–water partition coefficient (Wildman–Crippen LogP) is 1.56. The third-order valence-corrected chi connectivity index (χ3v) is 1.53. The Balaban J connectivity index is 3.80. The van der Waals surface area contributed by atoms with Crippen LogP contribution < -0.4 is 0 Å². The van der Waals surface area contributed by atoms with E-state index in [0.29, 0.717) is 6.42 Å². The lowest BCUT2D eigenvalue weighted by molar-refractivity contribution is -0.119. The van der Waals surface area contributed by atoms with Gasteiger partial charge in [0.05, 0.1) is 0 Å². The van der Waals surface area contributed by atoms with Crippen molar-refractivity contribution in [2.24, 2.45) is 0 Å². The van der Waals surface area contributed by atoms with E-state index in [2.05, 4.69) is 0 Å². The fourth-order valence-corrected chi connectivity index (χ4v) is 0.831. The summed E-state index contributed by atoms with van der Waals surface area (Å²) in [6.45, 7) is 1.78. The molecule has 3 nitrogen and oxygen atoms in total. The third-order valence-electron chi connectivity index (χ3n) is 1.53. The fraction of sp³-hybridized carbons (Fsp3) is 0.455. The Morgan fingerprint density at radius 3 is 2.00 bits per heavy atom. The first-order chi connectivity index (χ1) is 6.56. The summed E-state index contributed by atoms with van der Waals surface area (Å²) in [6, 6.07) is 0. The highest BCUT2D eigenvalue weighted by atomic mass is 16.1. The molecule has 0 bridgehead atoms. The topological polar surface area (TPSA) is 37.4 Å². The summed E-state index contributed by atoms with van der Waals surface area (Å²) in [5, 5.41) is 0. The number of carbonyl (C=O) groups is 2. The number of allylic oxidation sites excluding steroid dienone is 3. The smallest absolute Gasteiger partial charge is 0.157 e. The second-order valence-corrected chi connectivity index (χ2v) is 3.21. The molecule has 0 aromatic heterocycles. The number of carbonyl (C=O) groups excluding carboxylic acids is 2. The summed E-state index contributed by atoms with van der Waals surface area (Å²) < 4.78 is 0. The molecule has 0 saturated carbocycles. The predicted molar refractivity (Wildman–Crippen MR) is 56.9 cm³/mol. The van der Waals surface area contributed by atoms with E-state index in [4.69, 9.17) is 0 Å². The molecule has 0 aliphatic rings. The Morgan fingerprint density at radius 2 is 1.57 bits per heavy atom. The van der Waals surface area contributed by atoms with Crippen LogP contribution in [0.15, 0.2) is 24.4 Å². The van der Waals surface area contributed by atoms with Crippen LogP contribution in [0.3, 0.4) is 0 Å². The van der Waals surface area contributed by atoms with Gasteiger partial charge < -0.3 is 4.90 Å². The van der Waals surface area contributed by atoms with Crippen molar-refractivity contribution in [3.63, 3.8) is 0 Å². The monoisotopic (exact) mass is 195 g/mol. The molecule has 78 valence electrons. The number of ketones is 2. The minimum atomic E-state index is -0.0171. The molecule has 0 amide bonds. The van der Waals surface area contributed by atoms with Crippen LogP contribution in [0, 0.1) is 0 Å². The number of rotatable bonds is 6. The van der Waals surface area contributed by atoms with Gasteiger partial charge in [0.25, 0.3) is 0 Å². The van der Waals surface area contributed by atoms with E-state index in [-0.39, 0.29) is 18.0 Å². The molecule has 0 fully saturated rings. The molecular weight excluding hydrogens is 178 g/mol. The molecule has 0 saturated heterocycles. The third kappa shape index (κ3) is 7.28. The van der Waals surface area contributed by atoms with E-state index < -0.39 is 0 Å². The lowest BCUT2D eigenvalue weighted by Gasteiger charge is -2.01. The van der Waals surface area contributed by atoms with Gasteiger partial charge in [-0.15, -0.1) is 0 Å². The Labute approximate surface area is 85.1 Å². The molecule has 0 spiro atoms. The summed E-state index contributed by atoms with van der Waals surface area (Å²) in [4.78, 5) is 24.0. The van der Waals surface area contributed by atoms with Crippen LogP contribution in [0.4, 0.5) is 0 Å². The molecule has 0 rings (SSSR count). The number of nitrogens with zero attached hydrogens (tertiary/aromatic N) is 1. The van der Waals surface area contributed by atoms with E-state index in [1.807, 2.05) is 14.1 Å². The Morgan fingerprint density at radius 1 is 1.07 bits per heavy atom. The molecule has 0 aromatic rings. The summed E-state index contributed by atoms with van der Waals surface area (Å²) in [5.74, 6) is -0.0179. The molecule has 0 aromatic carbocycles. The molecule has 0 radical (unpaired) electrons. The van der Waals surface area contributed by atoms with E-state index in [0.717, 1.165) is 0 Å². The van der Waals surface area contributed by atoms with Gasteiger partial charge in [0, 0.05) is 33.1 Å². The largest absolute Gasteiger partial charge is 0.383 e. The van der Waals surface area contributed by atoms with Crippen molar-refractivity contribution in [2.45, 2.75) is 19.8 Å². The van der Waals surface area contributed by atoms with Gasteiger partial charge in [-0.05, 0) is 19.1 Å². The van der Waals surface area contributed by atoms with Crippen molar-refractivity contribution in [3.8, 4) is 0 Å². The highest BCUT2D eigenvalue weighted by molar-refractivity contribution is 5.96. The van der Waals surface area contributed by atoms with Gasteiger partial charge in [-0.3, -0.25) is 9.59 Å². The lowest BCUT2D eigenvalue weighted by atomic mass is 10.1. The average molecular weight is 195 g/mol. The molecule has 0 atom stereocenters. The van der Waals surface area contributed by atoms with Gasteiger partial charge in [0.15, 0.2) is 11.6 Å². The standard InChI is InChI=1S/C11H17NO2/c1-4-5-10(13)6-7-11(14)8-9-12(2)3/h4-5,8-9H,6-7H2,1-3H3/b5-4+,9-8+. The van der Waals surface area contributed by atoms with Crippen molar-refractivity contribution < 1.29 is 9.59 Å². The summed E-state index contributed by atoms with van der Waals surface area (Å²) in [6.07, 6.45) is 6.92. The second-order valence-electron chi connectivity index (χ2n) is 3.21. The highest BCUT2D eigenvalue weighted by Crippen LogP contribution is 1.95. The zero-order valence-electron chi connectivity index (χ0n) is 8.99. The molecule has 0 aliphatic heterocycles. The zero-order chi connectivity index (χ0) is 11.0. The van der Waals surface area contributed by atoms with Gasteiger partial charge >= 0.3 is 0 Å². The number of hydrogen-bond donors (Lipinski definition) is 0. The molecule has 0 heterocycles. The summed E-state index contributed by atoms with van der Waals surface area (Å²) >= 11 is 0. The van der Waals surface area contributed by atoms with Crippen molar-refractivity contribution in [3.05, 3.63) is 24.4 Å². The van der Waals surface area contributed by atoms with Gasteiger partial charge in [-0.25, -0.2) is 0 Å². The zero-order valence-corrected chi connectivity index (χ0v) is 8.99. The number of hydrogen-bond acceptors (Lipinski definition) is 3. The van der Waals surface area contributed by atoms with Crippen LogP contribution in [0.5, 0.6) is 0 Å². The second kappa shape index (κ2) is 7.06. The summed E-state index contributed by atoms with van der Waals surface area (Å²) in [7, 11) is 3.68. The molecule has 3 heteroatoms. The van der Waals surface area contributed by atoms with Gasteiger partial charge in [-0.1, -0.05) is 6.08 Å². The molecule has 0 aliphatic carbocycles. The fourth-order valence-electron chi connectivity index (χ4n) is 0.831. The lowest BCUT2D eigenvalue weighted by Crippen LogP contribution is -2.04. The normalized spacial score (nSPS) is 11.1. The minimum absolute atomic E-state index is 0.000830. The Bertz CT molecular complexity index is 252. The minimum Gasteiger partial charge on any atom is -0.383 e. The van der Waals surface area contributed by atoms with Crippen LogP contribution in [0.25, 0.3) is 0 Å². The van der Waals surface area contributed by atoms with E-state index in [1.54, 1.807) is 24.1 Å². The average Bonchev–Trinajstić information content (AvgIpc) is 2.12. The Kier molecular flexibility index (Phi) is 6.37. The quantitative estimate of drug-likeness (QED) is 0.603. The maximum Gasteiger partial charge on any atom is 0.157 e. The maximum absolute atomic E-state index is 11.2. The molecule has 0 unspecified atom stereocenters. The first kappa shape index (κ1) is 12.6.